The average Bonchev–Trinajstić information content (AvgIpc) is 2.48. The van der Waals surface area contributed by atoms with Crippen LogP contribution in [0.3, 0.4) is 0 Å². The second kappa shape index (κ2) is 7.26. The van der Waals surface area contributed by atoms with Crippen LogP contribution in [-0.2, 0) is 9.53 Å². The van der Waals surface area contributed by atoms with Crippen LogP contribution in [0.1, 0.15) is 18.9 Å². The Morgan fingerprint density at radius 1 is 1.55 bits per heavy atom. The van der Waals surface area contributed by atoms with Crippen molar-refractivity contribution in [2.75, 3.05) is 31.6 Å². The van der Waals surface area contributed by atoms with Crippen molar-refractivity contribution in [3.8, 4) is 5.75 Å². The lowest BCUT2D eigenvalue weighted by Gasteiger charge is -2.23. The molecule has 1 aliphatic rings. The molecule has 2 N–H and O–H groups in total. The third kappa shape index (κ3) is 3.95. The summed E-state index contributed by atoms with van der Waals surface area (Å²) in [5.74, 6) is 0.575. The molecular weight excluding hydrogens is 256 g/mol. The first-order valence-corrected chi connectivity index (χ1v) is 7.07. The predicted octanol–water partition coefficient (Wildman–Crippen LogP) is 1.71. The first-order chi connectivity index (χ1) is 9.70. The summed E-state index contributed by atoms with van der Waals surface area (Å²) in [7, 11) is 0. The summed E-state index contributed by atoms with van der Waals surface area (Å²) in [5.41, 5.74) is 1.80. The average molecular weight is 278 g/mol. The van der Waals surface area contributed by atoms with E-state index in [4.69, 9.17) is 9.47 Å². The van der Waals surface area contributed by atoms with Gasteiger partial charge in [0.1, 0.15) is 11.9 Å². The molecule has 110 valence electrons. The summed E-state index contributed by atoms with van der Waals surface area (Å²) >= 11 is 0. The number of hydrogen-bond acceptors (Lipinski definition) is 4. The monoisotopic (exact) mass is 278 g/mol. The van der Waals surface area contributed by atoms with E-state index in [9.17, 15) is 4.79 Å². The van der Waals surface area contributed by atoms with E-state index in [1.54, 1.807) is 0 Å². The molecule has 1 saturated heterocycles. The van der Waals surface area contributed by atoms with E-state index < -0.39 is 6.10 Å². The lowest BCUT2D eigenvalue weighted by atomic mass is 10.2. The van der Waals surface area contributed by atoms with Gasteiger partial charge in [-0.2, -0.15) is 0 Å². The van der Waals surface area contributed by atoms with Crippen LogP contribution in [0.5, 0.6) is 5.75 Å². The van der Waals surface area contributed by atoms with Crippen molar-refractivity contribution in [3.05, 3.63) is 23.8 Å². The zero-order valence-electron chi connectivity index (χ0n) is 12.1. The van der Waals surface area contributed by atoms with E-state index in [0.29, 0.717) is 31.2 Å². The maximum absolute atomic E-state index is 12.1. The molecule has 1 unspecified atom stereocenters. The topological polar surface area (TPSA) is 59.6 Å². The van der Waals surface area contributed by atoms with Crippen LogP contribution < -0.4 is 15.4 Å². The number of morpholine rings is 1. The molecule has 0 spiro atoms. The Balaban J connectivity index is 2.05. The number of nitrogens with one attached hydrogen (secondary N) is 2. The lowest BCUT2D eigenvalue weighted by Crippen LogP contribution is -2.45. The molecule has 1 amide bonds. The van der Waals surface area contributed by atoms with E-state index >= 15 is 0 Å². The number of amides is 1. The van der Waals surface area contributed by atoms with Gasteiger partial charge in [-0.3, -0.25) is 4.79 Å². The van der Waals surface area contributed by atoms with Crippen LogP contribution in [0, 0.1) is 6.92 Å². The Kier molecular flexibility index (Phi) is 5.38. The van der Waals surface area contributed by atoms with Crippen molar-refractivity contribution in [1.29, 1.82) is 0 Å². The normalized spacial score (nSPS) is 18.6. The van der Waals surface area contributed by atoms with Crippen LogP contribution >= 0.6 is 0 Å². The van der Waals surface area contributed by atoms with Gasteiger partial charge in [-0.1, -0.05) is 13.0 Å². The van der Waals surface area contributed by atoms with Crippen LogP contribution in [0.25, 0.3) is 0 Å². The number of hydrogen-bond donors (Lipinski definition) is 2. The Morgan fingerprint density at radius 3 is 3.10 bits per heavy atom. The summed E-state index contributed by atoms with van der Waals surface area (Å²) in [5, 5.41) is 6.03. The van der Waals surface area contributed by atoms with Crippen LogP contribution in [0.15, 0.2) is 18.2 Å². The Labute approximate surface area is 119 Å². The Morgan fingerprint density at radius 2 is 2.40 bits per heavy atom. The van der Waals surface area contributed by atoms with Gasteiger partial charge in [-0.15, -0.1) is 0 Å². The maximum Gasteiger partial charge on any atom is 0.254 e. The molecule has 0 aliphatic carbocycles. The van der Waals surface area contributed by atoms with Crippen molar-refractivity contribution >= 4 is 11.6 Å². The van der Waals surface area contributed by atoms with Gasteiger partial charge in [0.05, 0.1) is 18.9 Å². The Hall–Kier alpha value is -1.59. The highest BCUT2D eigenvalue weighted by Gasteiger charge is 2.22. The minimum atomic E-state index is -0.441. The highest BCUT2D eigenvalue weighted by Crippen LogP contribution is 2.26. The molecule has 1 heterocycles. The lowest BCUT2D eigenvalue weighted by molar-refractivity contribution is -0.128. The Bertz CT molecular complexity index is 456. The van der Waals surface area contributed by atoms with Crippen LogP contribution in [-0.4, -0.2) is 38.3 Å². The second-order valence-corrected chi connectivity index (χ2v) is 4.90. The minimum Gasteiger partial charge on any atom is -0.491 e. The molecule has 2 rings (SSSR count). The molecule has 1 fully saturated rings. The molecule has 20 heavy (non-hydrogen) atoms. The zero-order valence-corrected chi connectivity index (χ0v) is 12.1. The first-order valence-electron chi connectivity index (χ1n) is 7.07. The van der Waals surface area contributed by atoms with Gasteiger partial charge in [0.25, 0.3) is 5.91 Å². The molecule has 0 saturated carbocycles. The molecular formula is C15H22N2O3. The number of aryl methyl sites for hydroxylation is 1. The van der Waals surface area contributed by atoms with Crippen molar-refractivity contribution in [1.82, 2.24) is 5.32 Å². The highest BCUT2D eigenvalue weighted by atomic mass is 16.5. The van der Waals surface area contributed by atoms with Gasteiger partial charge in [0.2, 0.25) is 0 Å². The number of anilines is 1. The number of ether oxygens (including phenoxy) is 2. The number of carbonyl (C=O) groups excluding carboxylic acids is 1. The van der Waals surface area contributed by atoms with Crippen molar-refractivity contribution in [2.45, 2.75) is 26.4 Å². The molecule has 0 radical (unpaired) electrons. The van der Waals surface area contributed by atoms with Gasteiger partial charge in [0, 0.05) is 13.1 Å². The standard InChI is InChI=1S/C15H22N2O3/c1-3-7-19-13-9-11(2)4-5-12(13)17-15(18)14-10-16-6-8-20-14/h4-5,9,14,16H,3,6-8,10H2,1-2H3,(H,17,18). The van der Waals surface area contributed by atoms with Crippen LogP contribution in [0.2, 0.25) is 0 Å². The fourth-order valence-electron chi connectivity index (χ4n) is 2.01. The van der Waals surface area contributed by atoms with Gasteiger partial charge in [-0.05, 0) is 31.0 Å². The molecule has 1 atom stereocenters. The molecule has 0 aromatic heterocycles. The molecule has 0 bridgehead atoms. The van der Waals surface area contributed by atoms with Crippen molar-refractivity contribution in [2.24, 2.45) is 0 Å². The molecule has 1 aliphatic heterocycles. The summed E-state index contributed by atoms with van der Waals surface area (Å²) in [4.78, 5) is 12.1. The minimum absolute atomic E-state index is 0.137. The summed E-state index contributed by atoms with van der Waals surface area (Å²) < 4.78 is 11.1. The fraction of sp³-hybridized carbons (Fsp3) is 0.533. The first kappa shape index (κ1) is 14.8. The fourth-order valence-corrected chi connectivity index (χ4v) is 2.01. The van der Waals surface area contributed by atoms with Gasteiger partial charge >= 0.3 is 0 Å². The zero-order chi connectivity index (χ0) is 14.4. The third-order valence-electron chi connectivity index (χ3n) is 3.08. The molecule has 5 nitrogen and oxygen atoms in total. The van der Waals surface area contributed by atoms with Gasteiger partial charge in [-0.25, -0.2) is 0 Å². The second-order valence-electron chi connectivity index (χ2n) is 4.90. The smallest absolute Gasteiger partial charge is 0.254 e. The van der Waals surface area contributed by atoms with E-state index in [0.717, 1.165) is 18.5 Å². The summed E-state index contributed by atoms with van der Waals surface area (Å²) in [6.45, 7) is 6.58. The number of benzene rings is 1. The predicted molar refractivity (Wildman–Crippen MR) is 78.2 cm³/mol. The van der Waals surface area contributed by atoms with E-state index in [1.165, 1.54) is 0 Å². The largest absolute Gasteiger partial charge is 0.491 e. The molecule has 1 aromatic carbocycles. The highest BCUT2D eigenvalue weighted by molar-refractivity contribution is 5.95. The van der Waals surface area contributed by atoms with Crippen LogP contribution in [0.4, 0.5) is 5.69 Å². The van der Waals surface area contributed by atoms with Gasteiger partial charge < -0.3 is 20.1 Å². The number of carbonyl (C=O) groups is 1. The van der Waals surface area contributed by atoms with Crippen molar-refractivity contribution < 1.29 is 14.3 Å². The van der Waals surface area contributed by atoms with E-state index in [2.05, 4.69) is 17.6 Å². The SMILES string of the molecule is CCCOc1cc(C)ccc1NC(=O)C1CNCCO1. The number of rotatable bonds is 5. The van der Waals surface area contributed by atoms with E-state index in [1.807, 2.05) is 25.1 Å². The maximum atomic E-state index is 12.1. The molecule has 5 heteroatoms. The van der Waals surface area contributed by atoms with Gasteiger partial charge in [0.15, 0.2) is 0 Å². The summed E-state index contributed by atoms with van der Waals surface area (Å²) in [6.07, 6.45) is 0.487. The summed E-state index contributed by atoms with van der Waals surface area (Å²) in [6, 6.07) is 5.76. The molecule has 1 aromatic rings. The quantitative estimate of drug-likeness (QED) is 0.861. The van der Waals surface area contributed by atoms with Crippen molar-refractivity contribution in [3.63, 3.8) is 0 Å². The van der Waals surface area contributed by atoms with E-state index in [-0.39, 0.29) is 5.91 Å². The third-order valence-corrected chi connectivity index (χ3v) is 3.08.